The zero-order valence-electron chi connectivity index (χ0n) is 44.0. The standard InChI is InChI=1S/C59H119NO4/c1-3-5-7-9-11-13-15-17-19-20-21-22-23-24-25-26-27-28-29-30-31-32-33-34-35-36-37-38-40-42-44-46-48-50-52-54-58(63)60-56(55-61)59(64)57(62)53-51-49-47-45-43-41-39-18-16-14-12-10-8-6-4-2/h56-57,59,61-62,64H,3-55H2,1-2H3,(H,60,63). The number of rotatable bonds is 56. The normalized spacial score (nSPS) is 13.1. The number of amides is 1. The molecule has 0 aliphatic carbocycles. The molecule has 0 heterocycles. The minimum Gasteiger partial charge on any atom is -0.394 e. The first-order valence-corrected chi connectivity index (χ1v) is 29.8. The Labute approximate surface area is 402 Å². The predicted molar refractivity (Wildman–Crippen MR) is 282 cm³/mol. The van der Waals surface area contributed by atoms with Crippen LogP contribution in [0.25, 0.3) is 0 Å². The maximum Gasteiger partial charge on any atom is 0.220 e. The van der Waals surface area contributed by atoms with Crippen molar-refractivity contribution < 1.29 is 20.1 Å². The Kier molecular flexibility index (Phi) is 54.4. The molecule has 0 aromatic carbocycles. The number of aliphatic hydroxyl groups is 3. The molecule has 1 amide bonds. The summed E-state index contributed by atoms with van der Waals surface area (Å²) in [6.45, 7) is 4.22. The molecule has 0 aromatic rings. The zero-order valence-corrected chi connectivity index (χ0v) is 44.0. The second-order valence-corrected chi connectivity index (χ2v) is 20.9. The van der Waals surface area contributed by atoms with Gasteiger partial charge in [0.1, 0.15) is 6.10 Å². The van der Waals surface area contributed by atoms with Crippen molar-refractivity contribution in [3.05, 3.63) is 0 Å². The van der Waals surface area contributed by atoms with Crippen LogP contribution in [-0.4, -0.2) is 46.1 Å². The van der Waals surface area contributed by atoms with Crippen LogP contribution in [0, 0.1) is 0 Å². The van der Waals surface area contributed by atoms with Gasteiger partial charge < -0.3 is 20.6 Å². The summed E-state index contributed by atoms with van der Waals surface area (Å²) >= 11 is 0. The lowest BCUT2D eigenvalue weighted by molar-refractivity contribution is -0.124. The number of hydrogen-bond donors (Lipinski definition) is 4. The summed E-state index contributed by atoms with van der Waals surface area (Å²) < 4.78 is 0. The molecule has 3 atom stereocenters. The van der Waals surface area contributed by atoms with Crippen molar-refractivity contribution in [1.82, 2.24) is 5.32 Å². The number of nitrogens with one attached hydrogen (secondary N) is 1. The smallest absolute Gasteiger partial charge is 0.220 e. The first kappa shape index (κ1) is 63.4. The largest absolute Gasteiger partial charge is 0.394 e. The molecule has 4 N–H and O–H groups in total. The third kappa shape index (κ3) is 49.3. The molecule has 3 unspecified atom stereocenters. The highest BCUT2D eigenvalue weighted by molar-refractivity contribution is 5.76. The molecule has 0 rings (SSSR count). The molecule has 384 valence electrons. The molecule has 0 fully saturated rings. The molecule has 0 saturated heterocycles. The summed E-state index contributed by atoms with van der Waals surface area (Å²) in [7, 11) is 0. The maximum atomic E-state index is 12.5. The minimum absolute atomic E-state index is 0.136. The molecule has 0 radical (unpaired) electrons. The Morgan fingerprint density at radius 2 is 0.531 bits per heavy atom. The van der Waals surface area contributed by atoms with Gasteiger partial charge in [-0.2, -0.15) is 0 Å². The van der Waals surface area contributed by atoms with Gasteiger partial charge in [0.05, 0.1) is 18.8 Å². The van der Waals surface area contributed by atoms with Gasteiger partial charge in [-0.15, -0.1) is 0 Å². The molecular weight excluding hydrogens is 787 g/mol. The van der Waals surface area contributed by atoms with E-state index < -0.39 is 18.2 Å². The number of carbonyl (C=O) groups is 1. The second kappa shape index (κ2) is 55.0. The number of carbonyl (C=O) groups excluding carboxylic acids is 1. The van der Waals surface area contributed by atoms with Gasteiger partial charge in [0, 0.05) is 6.42 Å². The predicted octanol–water partition coefficient (Wildman–Crippen LogP) is 18.5. The van der Waals surface area contributed by atoms with Gasteiger partial charge >= 0.3 is 0 Å². The van der Waals surface area contributed by atoms with Crippen molar-refractivity contribution in [3.63, 3.8) is 0 Å². The van der Waals surface area contributed by atoms with Crippen LogP contribution in [-0.2, 0) is 4.79 Å². The summed E-state index contributed by atoms with van der Waals surface area (Å²) in [5, 5.41) is 33.7. The lowest BCUT2D eigenvalue weighted by atomic mass is 9.99. The first-order chi connectivity index (χ1) is 31.6. The fourth-order valence-corrected chi connectivity index (χ4v) is 9.87. The highest BCUT2D eigenvalue weighted by Gasteiger charge is 2.26. The molecule has 0 spiro atoms. The summed E-state index contributed by atoms with van der Waals surface area (Å²) in [6, 6.07) is -0.804. The summed E-state index contributed by atoms with van der Waals surface area (Å²) in [5.74, 6) is -0.136. The Balaban J connectivity index is 3.41. The van der Waals surface area contributed by atoms with E-state index in [1.165, 1.54) is 289 Å². The number of aliphatic hydroxyl groups excluding tert-OH is 3. The van der Waals surface area contributed by atoms with Crippen LogP contribution < -0.4 is 5.32 Å². The molecule has 0 saturated carbocycles. The van der Waals surface area contributed by atoms with Crippen LogP contribution in [0.3, 0.4) is 0 Å². The number of unbranched alkanes of at least 4 members (excludes halogenated alkanes) is 48. The lowest BCUT2D eigenvalue weighted by Gasteiger charge is -2.26. The summed E-state index contributed by atoms with van der Waals surface area (Å²) in [5.41, 5.74) is 0. The maximum absolute atomic E-state index is 12.5. The van der Waals surface area contributed by atoms with Gasteiger partial charge in [-0.3, -0.25) is 4.79 Å². The molecule has 0 bridgehead atoms. The minimum atomic E-state index is -1.13. The van der Waals surface area contributed by atoms with E-state index in [4.69, 9.17) is 0 Å². The number of hydrogen-bond acceptors (Lipinski definition) is 4. The summed E-state index contributed by atoms with van der Waals surface area (Å²) in [6.07, 6.45) is 67.1. The fourth-order valence-electron chi connectivity index (χ4n) is 9.87. The van der Waals surface area contributed by atoms with Gasteiger partial charge in [-0.25, -0.2) is 0 Å². The van der Waals surface area contributed by atoms with E-state index in [9.17, 15) is 20.1 Å². The molecule has 5 heteroatoms. The molecule has 0 aliphatic rings. The van der Waals surface area contributed by atoms with Crippen LogP contribution in [0.2, 0.25) is 0 Å². The van der Waals surface area contributed by atoms with Crippen LogP contribution >= 0.6 is 0 Å². The van der Waals surface area contributed by atoms with Crippen molar-refractivity contribution in [2.45, 2.75) is 366 Å². The Morgan fingerprint density at radius 3 is 0.750 bits per heavy atom. The quantitative estimate of drug-likeness (QED) is 0.0458. The van der Waals surface area contributed by atoms with Crippen molar-refractivity contribution in [2.24, 2.45) is 0 Å². The van der Waals surface area contributed by atoms with Crippen molar-refractivity contribution in [1.29, 1.82) is 0 Å². The van der Waals surface area contributed by atoms with E-state index in [-0.39, 0.29) is 12.5 Å². The van der Waals surface area contributed by atoms with Crippen LogP contribution in [0.15, 0.2) is 0 Å². The fraction of sp³-hybridized carbons (Fsp3) is 0.983. The zero-order chi connectivity index (χ0) is 46.5. The molecule has 0 aromatic heterocycles. The van der Waals surface area contributed by atoms with Crippen molar-refractivity contribution in [3.8, 4) is 0 Å². The van der Waals surface area contributed by atoms with E-state index in [0.29, 0.717) is 12.8 Å². The van der Waals surface area contributed by atoms with E-state index in [2.05, 4.69) is 19.2 Å². The van der Waals surface area contributed by atoms with Gasteiger partial charge in [0.25, 0.3) is 0 Å². The van der Waals surface area contributed by atoms with Gasteiger partial charge in [-0.1, -0.05) is 328 Å². The highest BCUT2D eigenvalue weighted by Crippen LogP contribution is 2.19. The third-order valence-corrected chi connectivity index (χ3v) is 14.5. The van der Waals surface area contributed by atoms with Crippen LogP contribution in [0.1, 0.15) is 348 Å². The highest BCUT2D eigenvalue weighted by atomic mass is 16.3. The van der Waals surface area contributed by atoms with Crippen LogP contribution in [0.4, 0.5) is 0 Å². The average molecular weight is 907 g/mol. The van der Waals surface area contributed by atoms with Crippen LogP contribution in [0.5, 0.6) is 0 Å². The topological polar surface area (TPSA) is 89.8 Å². The molecule has 64 heavy (non-hydrogen) atoms. The van der Waals surface area contributed by atoms with Gasteiger partial charge in [0.2, 0.25) is 5.91 Å². The monoisotopic (exact) mass is 906 g/mol. The van der Waals surface area contributed by atoms with Crippen molar-refractivity contribution in [2.75, 3.05) is 6.61 Å². The molecule has 0 aliphatic heterocycles. The average Bonchev–Trinajstić information content (AvgIpc) is 3.30. The third-order valence-electron chi connectivity index (χ3n) is 14.5. The SMILES string of the molecule is CCCCCCCCCCCCCCCCCCCCCCCCCCCCCCCCCCCCCC(=O)NC(CO)C(O)C(O)CCCCCCCCCCCCCCCCC. The van der Waals surface area contributed by atoms with Gasteiger partial charge in [0.15, 0.2) is 0 Å². The van der Waals surface area contributed by atoms with E-state index in [0.717, 1.165) is 32.1 Å². The second-order valence-electron chi connectivity index (χ2n) is 20.9. The molecular formula is C59H119NO4. The first-order valence-electron chi connectivity index (χ1n) is 29.8. The Morgan fingerprint density at radius 1 is 0.328 bits per heavy atom. The van der Waals surface area contributed by atoms with E-state index in [1.807, 2.05) is 0 Å². The van der Waals surface area contributed by atoms with E-state index >= 15 is 0 Å². The Bertz CT molecular complexity index is 868. The molecule has 5 nitrogen and oxygen atoms in total. The lowest BCUT2D eigenvalue weighted by Crippen LogP contribution is -2.50. The Hall–Kier alpha value is -0.650. The summed E-state index contributed by atoms with van der Waals surface area (Å²) in [4.78, 5) is 12.5. The van der Waals surface area contributed by atoms with Gasteiger partial charge in [-0.05, 0) is 12.8 Å². The van der Waals surface area contributed by atoms with Crippen molar-refractivity contribution >= 4 is 5.91 Å². The van der Waals surface area contributed by atoms with E-state index in [1.54, 1.807) is 0 Å².